The summed E-state index contributed by atoms with van der Waals surface area (Å²) >= 11 is 0. The Morgan fingerprint density at radius 2 is 2.35 bits per heavy atom. The highest BCUT2D eigenvalue weighted by atomic mass is 16.5. The standard InChI is InChI=1S/C14H19NO2/c1-3-5-8-9-6-11-10(13(8)9)7-12(15-11)14(16)17-4-2/h7-9,13,15H,3-6H2,1-2H3/t8-,9+,13-/m0/s1. The first-order chi connectivity index (χ1) is 8.26. The van der Waals surface area contributed by atoms with Crippen molar-refractivity contribution in [3.63, 3.8) is 0 Å². The summed E-state index contributed by atoms with van der Waals surface area (Å²) in [4.78, 5) is 14.9. The van der Waals surface area contributed by atoms with Gasteiger partial charge in [-0.2, -0.15) is 0 Å². The molecule has 0 radical (unpaired) electrons. The molecule has 1 heterocycles. The van der Waals surface area contributed by atoms with Crippen LogP contribution >= 0.6 is 0 Å². The highest BCUT2D eigenvalue weighted by molar-refractivity contribution is 5.88. The maximum absolute atomic E-state index is 11.6. The number of H-pyrrole nitrogens is 1. The van der Waals surface area contributed by atoms with Gasteiger partial charge in [-0.1, -0.05) is 13.3 Å². The van der Waals surface area contributed by atoms with Crippen LogP contribution in [0.15, 0.2) is 6.07 Å². The van der Waals surface area contributed by atoms with Gasteiger partial charge < -0.3 is 9.72 Å². The molecule has 1 fully saturated rings. The molecule has 2 aliphatic rings. The maximum Gasteiger partial charge on any atom is 0.354 e. The molecule has 0 spiro atoms. The number of esters is 1. The van der Waals surface area contributed by atoms with Gasteiger partial charge in [-0.25, -0.2) is 4.79 Å². The van der Waals surface area contributed by atoms with Gasteiger partial charge in [0, 0.05) is 5.69 Å². The van der Waals surface area contributed by atoms with Gasteiger partial charge in [0.05, 0.1) is 6.61 Å². The summed E-state index contributed by atoms with van der Waals surface area (Å²) in [5, 5.41) is 0. The lowest BCUT2D eigenvalue weighted by Crippen LogP contribution is -2.05. The van der Waals surface area contributed by atoms with Gasteiger partial charge in [-0.3, -0.25) is 0 Å². The molecule has 1 N–H and O–H groups in total. The van der Waals surface area contributed by atoms with Gasteiger partial charge in [-0.05, 0) is 49.1 Å². The Labute approximate surface area is 102 Å². The molecule has 1 aromatic heterocycles. The molecule has 1 saturated carbocycles. The van der Waals surface area contributed by atoms with E-state index in [2.05, 4.69) is 11.9 Å². The lowest BCUT2D eigenvalue weighted by atomic mass is 10.1. The van der Waals surface area contributed by atoms with Crippen LogP contribution in [0, 0.1) is 11.8 Å². The maximum atomic E-state index is 11.6. The van der Waals surface area contributed by atoms with Gasteiger partial charge in [-0.15, -0.1) is 0 Å². The summed E-state index contributed by atoms with van der Waals surface area (Å²) in [5.41, 5.74) is 3.30. The van der Waals surface area contributed by atoms with Crippen molar-refractivity contribution >= 4 is 5.97 Å². The normalized spacial score (nSPS) is 28.7. The molecular weight excluding hydrogens is 214 g/mol. The highest BCUT2D eigenvalue weighted by Gasteiger charge is 2.55. The molecule has 3 atom stereocenters. The van der Waals surface area contributed by atoms with Crippen LogP contribution < -0.4 is 0 Å². The average Bonchev–Trinajstić information content (AvgIpc) is 2.69. The van der Waals surface area contributed by atoms with E-state index in [0.717, 1.165) is 24.2 Å². The second kappa shape index (κ2) is 3.90. The number of aromatic nitrogens is 1. The first kappa shape index (κ1) is 10.9. The number of hydrogen-bond donors (Lipinski definition) is 1. The van der Waals surface area contributed by atoms with Crippen molar-refractivity contribution in [2.24, 2.45) is 11.8 Å². The Hall–Kier alpha value is -1.25. The lowest BCUT2D eigenvalue weighted by molar-refractivity contribution is 0.0520. The molecule has 0 saturated heterocycles. The summed E-state index contributed by atoms with van der Waals surface area (Å²) < 4.78 is 5.02. The molecule has 0 unspecified atom stereocenters. The third kappa shape index (κ3) is 1.60. The van der Waals surface area contributed by atoms with E-state index in [1.165, 1.54) is 24.1 Å². The van der Waals surface area contributed by atoms with E-state index in [9.17, 15) is 4.79 Å². The number of carbonyl (C=O) groups excluding carboxylic acids is 1. The predicted molar refractivity (Wildman–Crippen MR) is 65.1 cm³/mol. The van der Waals surface area contributed by atoms with Crippen molar-refractivity contribution in [3.05, 3.63) is 23.0 Å². The van der Waals surface area contributed by atoms with E-state index in [4.69, 9.17) is 4.74 Å². The van der Waals surface area contributed by atoms with Crippen molar-refractivity contribution in [3.8, 4) is 0 Å². The second-order valence-corrected chi connectivity index (χ2v) is 5.18. The predicted octanol–water partition coefficient (Wildman–Crippen LogP) is 2.88. The molecule has 0 aromatic carbocycles. The molecule has 3 rings (SSSR count). The van der Waals surface area contributed by atoms with E-state index >= 15 is 0 Å². The van der Waals surface area contributed by atoms with Crippen LogP contribution in [-0.2, 0) is 11.2 Å². The fourth-order valence-corrected chi connectivity index (χ4v) is 3.45. The number of rotatable bonds is 4. The number of ether oxygens (including phenoxy) is 1. The van der Waals surface area contributed by atoms with Gasteiger partial charge in [0.2, 0.25) is 0 Å². The van der Waals surface area contributed by atoms with E-state index < -0.39 is 0 Å². The number of nitrogens with one attached hydrogen (secondary N) is 1. The van der Waals surface area contributed by atoms with E-state index in [-0.39, 0.29) is 5.97 Å². The van der Waals surface area contributed by atoms with Gasteiger partial charge >= 0.3 is 5.97 Å². The van der Waals surface area contributed by atoms with Crippen LogP contribution in [0.2, 0.25) is 0 Å². The molecule has 0 bridgehead atoms. The summed E-state index contributed by atoms with van der Waals surface area (Å²) in [6, 6.07) is 2.02. The van der Waals surface area contributed by atoms with Crippen molar-refractivity contribution < 1.29 is 9.53 Å². The van der Waals surface area contributed by atoms with Crippen molar-refractivity contribution in [2.45, 2.75) is 39.0 Å². The zero-order chi connectivity index (χ0) is 12.0. The molecule has 2 aliphatic carbocycles. The monoisotopic (exact) mass is 233 g/mol. The molecule has 0 amide bonds. The SMILES string of the molecule is CCC[C@H]1[C@H]2Cc3[nH]c(C(=O)OCC)cc3[C@H]21. The van der Waals surface area contributed by atoms with E-state index in [0.29, 0.717) is 12.3 Å². The smallest absolute Gasteiger partial charge is 0.354 e. The summed E-state index contributed by atoms with van der Waals surface area (Å²) in [6.07, 6.45) is 3.72. The zero-order valence-electron chi connectivity index (χ0n) is 10.5. The largest absolute Gasteiger partial charge is 0.461 e. The van der Waals surface area contributed by atoms with Crippen molar-refractivity contribution in [1.82, 2.24) is 4.98 Å². The first-order valence-corrected chi connectivity index (χ1v) is 6.65. The highest BCUT2D eigenvalue weighted by Crippen LogP contribution is 2.63. The number of carbonyl (C=O) groups is 1. The minimum Gasteiger partial charge on any atom is -0.461 e. The Morgan fingerprint density at radius 1 is 1.53 bits per heavy atom. The van der Waals surface area contributed by atoms with Crippen LogP contribution in [0.5, 0.6) is 0 Å². The summed E-state index contributed by atoms with van der Waals surface area (Å²) in [7, 11) is 0. The van der Waals surface area contributed by atoms with Crippen LogP contribution in [0.25, 0.3) is 0 Å². The third-order valence-electron chi connectivity index (χ3n) is 4.18. The van der Waals surface area contributed by atoms with Crippen LogP contribution in [0.4, 0.5) is 0 Å². The third-order valence-corrected chi connectivity index (χ3v) is 4.18. The summed E-state index contributed by atoms with van der Waals surface area (Å²) in [6.45, 7) is 4.52. The van der Waals surface area contributed by atoms with Crippen molar-refractivity contribution in [2.75, 3.05) is 6.61 Å². The van der Waals surface area contributed by atoms with Crippen LogP contribution in [0.3, 0.4) is 0 Å². The Bertz CT molecular complexity index is 449. The lowest BCUT2D eigenvalue weighted by Gasteiger charge is -2.00. The topological polar surface area (TPSA) is 42.1 Å². The fraction of sp³-hybridized carbons (Fsp3) is 0.643. The van der Waals surface area contributed by atoms with Gasteiger partial charge in [0.25, 0.3) is 0 Å². The second-order valence-electron chi connectivity index (χ2n) is 5.18. The molecule has 3 nitrogen and oxygen atoms in total. The van der Waals surface area contributed by atoms with Crippen molar-refractivity contribution in [1.29, 1.82) is 0 Å². The van der Waals surface area contributed by atoms with E-state index in [1.54, 1.807) is 0 Å². The average molecular weight is 233 g/mol. The fourth-order valence-electron chi connectivity index (χ4n) is 3.45. The van der Waals surface area contributed by atoms with E-state index in [1.807, 2.05) is 13.0 Å². The Kier molecular flexibility index (Phi) is 2.49. The molecule has 92 valence electrons. The molecule has 1 aromatic rings. The van der Waals surface area contributed by atoms with Crippen LogP contribution in [-0.4, -0.2) is 17.6 Å². The van der Waals surface area contributed by atoms with Gasteiger partial charge in [0.15, 0.2) is 0 Å². The first-order valence-electron chi connectivity index (χ1n) is 6.65. The molecule has 0 aliphatic heterocycles. The molecule has 3 heteroatoms. The summed E-state index contributed by atoms with van der Waals surface area (Å²) in [5.74, 6) is 2.24. The van der Waals surface area contributed by atoms with Gasteiger partial charge in [0.1, 0.15) is 5.69 Å². The number of fused-ring (bicyclic) bond motifs is 3. The Balaban J connectivity index is 1.76. The minimum absolute atomic E-state index is 0.217. The number of hydrogen-bond acceptors (Lipinski definition) is 2. The molecule has 17 heavy (non-hydrogen) atoms. The minimum atomic E-state index is -0.217. The number of aromatic amines is 1. The molecular formula is C14H19NO2. The quantitative estimate of drug-likeness (QED) is 0.812. The Morgan fingerprint density at radius 3 is 3.06 bits per heavy atom. The zero-order valence-corrected chi connectivity index (χ0v) is 10.5. The van der Waals surface area contributed by atoms with Crippen LogP contribution in [0.1, 0.15) is 54.4 Å².